The van der Waals surface area contributed by atoms with E-state index < -0.39 is 11.7 Å². The second kappa shape index (κ2) is 12.6. The van der Waals surface area contributed by atoms with Crippen LogP contribution in [0.4, 0.5) is 4.79 Å². The molecule has 0 radical (unpaired) electrons. The van der Waals surface area contributed by atoms with E-state index in [4.69, 9.17) is 9.47 Å². The number of alkyl carbamates (subject to hydrolysis) is 1. The second-order valence-electron chi connectivity index (χ2n) is 7.09. The lowest BCUT2D eigenvalue weighted by Gasteiger charge is -2.20. The molecule has 8 heteroatoms. The highest BCUT2D eigenvalue weighted by molar-refractivity contribution is 14.0. The number of rotatable bonds is 7. The van der Waals surface area contributed by atoms with Gasteiger partial charge in [0.25, 0.3) is 0 Å². The van der Waals surface area contributed by atoms with E-state index in [9.17, 15) is 4.79 Å². The topological polar surface area (TPSA) is 84.0 Å². The van der Waals surface area contributed by atoms with Crippen LogP contribution in [0.2, 0.25) is 0 Å². The van der Waals surface area contributed by atoms with E-state index in [0.717, 1.165) is 11.3 Å². The smallest absolute Gasteiger partial charge is 0.407 e. The van der Waals surface area contributed by atoms with Crippen LogP contribution in [0.25, 0.3) is 0 Å². The largest absolute Gasteiger partial charge is 0.491 e. The Morgan fingerprint density at radius 1 is 1.07 bits per heavy atom. The van der Waals surface area contributed by atoms with E-state index in [1.165, 1.54) is 0 Å². The van der Waals surface area contributed by atoms with Gasteiger partial charge in [-0.2, -0.15) is 0 Å². The molecule has 0 aliphatic rings. The fourth-order valence-corrected chi connectivity index (χ4v) is 2.02. The van der Waals surface area contributed by atoms with Crippen molar-refractivity contribution < 1.29 is 14.3 Å². The molecule has 0 heterocycles. The highest BCUT2D eigenvalue weighted by Gasteiger charge is 2.15. The monoisotopic (exact) mass is 492 g/mol. The third kappa shape index (κ3) is 12.3. The number of aliphatic imine (C=N–C) groups is 1. The van der Waals surface area contributed by atoms with Crippen molar-refractivity contribution in [1.82, 2.24) is 16.0 Å². The fraction of sp³-hybridized carbons (Fsp3) is 0.579. The molecule has 0 aromatic heterocycles. The van der Waals surface area contributed by atoms with Crippen LogP contribution in [-0.4, -0.2) is 43.9 Å². The number of hydrogen-bond acceptors (Lipinski definition) is 4. The summed E-state index contributed by atoms with van der Waals surface area (Å²) in [5, 5.41) is 9.06. The molecule has 0 bridgehead atoms. The first-order chi connectivity index (χ1) is 12.2. The van der Waals surface area contributed by atoms with Gasteiger partial charge in [0, 0.05) is 26.7 Å². The number of amides is 1. The van der Waals surface area contributed by atoms with E-state index in [2.05, 4.69) is 20.9 Å². The first-order valence-electron chi connectivity index (χ1n) is 8.86. The number of carbonyl (C=O) groups excluding carboxylic acids is 1. The van der Waals surface area contributed by atoms with Crippen molar-refractivity contribution in [2.45, 2.75) is 52.9 Å². The fourth-order valence-electron chi connectivity index (χ4n) is 2.02. The third-order valence-electron chi connectivity index (χ3n) is 3.06. The summed E-state index contributed by atoms with van der Waals surface area (Å²) in [6, 6.07) is 7.94. The molecule has 0 saturated carbocycles. The van der Waals surface area contributed by atoms with Gasteiger partial charge < -0.3 is 25.4 Å². The van der Waals surface area contributed by atoms with Crippen molar-refractivity contribution in [2.24, 2.45) is 4.99 Å². The minimum absolute atomic E-state index is 0. The number of guanidine groups is 1. The Bertz CT molecular complexity index is 584. The van der Waals surface area contributed by atoms with E-state index in [0.29, 0.717) is 25.6 Å². The first-order valence-corrected chi connectivity index (χ1v) is 8.86. The van der Waals surface area contributed by atoms with E-state index >= 15 is 0 Å². The molecule has 154 valence electrons. The summed E-state index contributed by atoms with van der Waals surface area (Å²) in [5.41, 5.74) is 0.626. The van der Waals surface area contributed by atoms with Crippen molar-refractivity contribution >= 4 is 36.0 Å². The summed E-state index contributed by atoms with van der Waals surface area (Å²) in [4.78, 5) is 15.7. The second-order valence-corrected chi connectivity index (χ2v) is 7.09. The summed E-state index contributed by atoms with van der Waals surface area (Å²) >= 11 is 0. The average Bonchev–Trinajstić information content (AvgIpc) is 2.53. The van der Waals surface area contributed by atoms with Crippen molar-refractivity contribution in [1.29, 1.82) is 0 Å². The molecule has 0 unspecified atom stereocenters. The van der Waals surface area contributed by atoms with Crippen LogP contribution < -0.4 is 20.7 Å². The van der Waals surface area contributed by atoms with Gasteiger partial charge in [-0.1, -0.05) is 12.1 Å². The lowest BCUT2D eigenvalue weighted by molar-refractivity contribution is 0.0529. The van der Waals surface area contributed by atoms with Gasteiger partial charge in [0.1, 0.15) is 11.4 Å². The molecule has 1 aromatic carbocycles. The Kier molecular flexibility index (Phi) is 11.8. The standard InChI is InChI=1S/C19H32N4O3.HI/c1-14(2)25-16-9-7-15(8-10-16)13-23-17(20-6)21-11-12-22-18(24)26-19(3,4)5;/h7-10,14H,11-13H2,1-6H3,(H,22,24)(H2,20,21,23);1H. The van der Waals surface area contributed by atoms with Gasteiger partial charge in [-0.15, -0.1) is 24.0 Å². The molecule has 0 atom stereocenters. The molecule has 27 heavy (non-hydrogen) atoms. The van der Waals surface area contributed by atoms with Gasteiger partial charge in [-0.3, -0.25) is 4.99 Å². The molecule has 1 aromatic rings. The Labute approximate surface area is 179 Å². The lowest BCUT2D eigenvalue weighted by Crippen LogP contribution is -2.42. The number of carbonyl (C=O) groups is 1. The number of nitrogens with zero attached hydrogens (tertiary/aromatic N) is 1. The predicted octanol–water partition coefficient (Wildman–Crippen LogP) is 3.28. The SMILES string of the molecule is CN=C(NCCNC(=O)OC(C)(C)C)NCc1ccc(OC(C)C)cc1.I. The van der Waals surface area contributed by atoms with E-state index in [1.54, 1.807) is 7.05 Å². The van der Waals surface area contributed by atoms with Crippen LogP contribution in [0.15, 0.2) is 29.3 Å². The predicted molar refractivity (Wildman–Crippen MR) is 120 cm³/mol. The zero-order valence-corrected chi connectivity index (χ0v) is 19.4. The summed E-state index contributed by atoms with van der Waals surface area (Å²) in [6.07, 6.45) is -0.262. The number of nitrogens with one attached hydrogen (secondary N) is 3. The molecule has 3 N–H and O–H groups in total. The van der Waals surface area contributed by atoms with Gasteiger partial charge in [0.2, 0.25) is 0 Å². The molecule has 1 amide bonds. The summed E-state index contributed by atoms with van der Waals surface area (Å²) in [7, 11) is 1.70. The van der Waals surface area contributed by atoms with Crippen LogP contribution in [0.1, 0.15) is 40.2 Å². The number of hydrogen-bond donors (Lipinski definition) is 3. The van der Waals surface area contributed by atoms with Gasteiger partial charge >= 0.3 is 6.09 Å². The minimum atomic E-state index is -0.495. The molecular weight excluding hydrogens is 459 g/mol. The Morgan fingerprint density at radius 2 is 1.67 bits per heavy atom. The normalized spacial score (nSPS) is 11.4. The molecular formula is C19H33IN4O3. The number of ether oxygens (including phenoxy) is 2. The summed E-state index contributed by atoms with van der Waals surface area (Å²) in [6.45, 7) is 11.1. The van der Waals surface area contributed by atoms with E-state index in [1.807, 2.05) is 58.9 Å². The summed E-state index contributed by atoms with van der Waals surface area (Å²) in [5.74, 6) is 1.53. The maximum atomic E-state index is 11.6. The summed E-state index contributed by atoms with van der Waals surface area (Å²) < 4.78 is 10.8. The average molecular weight is 492 g/mol. The quantitative estimate of drug-likeness (QED) is 0.236. The highest BCUT2D eigenvalue weighted by Crippen LogP contribution is 2.13. The molecule has 0 spiro atoms. The van der Waals surface area contributed by atoms with Crippen molar-refractivity contribution in [3.63, 3.8) is 0 Å². The third-order valence-corrected chi connectivity index (χ3v) is 3.06. The molecule has 1 rings (SSSR count). The van der Waals surface area contributed by atoms with Crippen molar-refractivity contribution in [3.8, 4) is 5.75 Å². The lowest BCUT2D eigenvalue weighted by atomic mass is 10.2. The minimum Gasteiger partial charge on any atom is -0.491 e. The van der Waals surface area contributed by atoms with Gasteiger partial charge in [-0.05, 0) is 52.3 Å². The molecule has 0 aliphatic heterocycles. The van der Waals surface area contributed by atoms with Crippen LogP contribution in [0, 0.1) is 0 Å². The highest BCUT2D eigenvalue weighted by atomic mass is 127. The van der Waals surface area contributed by atoms with Crippen LogP contribution >= 0.6 is 24.0 Å². The molecule has 0 fully saturated rings. The van der Waals surface area contributed by atoms with Crippen molar-refractivity contribution in [3.05, 3.63) is 29.8 Å². The zero-order chi connectivity index (χ0) is 19.6. The first kappa shape index (κ1) is 25.3. The van der Waals surface area contributed by atoms with Crippen molar-refractivity contribution in [2.75, 3.05) is 20.1 Å². The van der Waals surface area contributed by atoms with Gasteiger partial charge in [-0.25, -0.2) is 4.79 Å². The Hall–Kier alpha value is -1.71. The molecule has 0 aliphatic carbocycles. The van der Waals surface area contributed by atoms with E-state index in [-0.39, 0.29) is 30.1 Å². The Morgan fingerprint density at radius 3 is 2.19 bits per heavy atom. The zero-order valence-electron chi connectivity index (χ0n) is 17.1. The van der Waals surface area contributed by atoms with Crippen LogP contribution in [0.3, 0.4) is 0 Å². The molecule has 0 saturated heterocycles. The van der Waals surface area contributed by atoms with Crippen LogP contribution in [0.5, 0.6) is 5.75 Å². The van der Waals surface area contributed by atoms with Crippen LogP contribution in [-0.2, 0) is 11.3 Å². The maximum absolute atomic E-state index is 11.6. The number of benzene rings is 1. The Balaban J connectivity index is 0.00000676. The maximum Gasteiger partial charge on any atom is 0.407 e. The number of halogens is 1. The van der Waals surface area contributed by atoms with Gasteiger partial charge in [0.05, 0.1) is 6.10 Å². The molecule has 7 nitrogen and oxygen atoms in total. The van der Waals surface area contributed by atoms with Gasteiger partial charge in [0.15, 0.2) is 5.96 Å².